The van der Waals surface area contributed by atoms with Crippen LogP contribution in [0, 0.1) is 5.92 Å². The first-order valence-corrected chi connectivity index (χ1v) is 12.1. The number of hydrogen-bond acceptors (Lipinski definition) is 1. The molecule has 0 bridgehead atoms. The Balaban J connectivity index is 1.56. The average Bonchev–Trinajstić information content (AvgIpc) is 2.72. The first-order valence-electron chi connectivity index (χ1n) is 12.1. The highest BCUT2D eigenvalue weighted by molar-refractivity contribution is 5.29. The van der Waals surface area contributed by atoms with Gasteiger partial charge in [0.05, 0.1) is 6.61 Å². The van der Waals surface area contributed by atoms with Crippen molar-refractivity contribution in [1.29, 1.82) is 0 Å². The lowest BCUT2D eigenvalue weighted by molar-refractivity contribution is 0.300. The summed E-state index contributed by atoms with van der Waals surface area (Å²) in [5.74, 6) is 2.83. The Morgan fingerprint density at radius 1 is 0.704 bits per heavy atom. The minimum absolute atomic E-state index is 0.782. The molecule has 0 aromatic heterocycles. The van der Waals surface area contributed by atoms with Crippen LogP contribution < -0.4 is 4.74 Å². The molecule has 1 aliphatic rings. The first-order chi connectivity index (χ1) is 13.3. The van der Waals surface area contributed by atoms with Crippen molar-refractivity contribution in [1.82, 2.24) is 0 Å². The van der Waals surface area contributed by atoms with Crippen LogP contribution in [0.5, 0.6) is 5.75 Å². The third-order valence-electron chi connectivity index (χ3n) is 6.43. The number of ether oxygens (including phenoxy) is 1. The Hall–Kier alpha value is -0.980. The fourth-order valence-electron chi connectivity index (χ4n) is 4.54. The Kier molecular flexibility index (Phi) is 11.6. The van der Waals surface area contributed by atoms with E-state index in [1.54, 1.807) is 0 Å². The maximum Gasteiger partial charge on any atom is 0.119 e. The second-order valence-electron chi connectivity index (χ2n) is 8.75. The molecular formula is C26H44O. The molecule has 0 amide bonds. The molecule has 0 heterocycles. The van der Waals surface area contributed by atoms with E-state index in [4.69, 9.17) is 4.74 Å². The summed E-state index contributed by atoms with van der Waals surface area (Å²) in [4.78, 5) is 0. The van der Waals surface area contributed by atoms with Gasteiger partial charge in [-0.1, -0.05) is 90.2 Å². The minimum Gasteiger partial charge on any atom is -0.494 e. The van der Waals surface area contributed by atoms with Gasteiger partial charge in [0.15, 0.2) is 0 Å². The summed E-state index contributed by atoms with van der Waals surface area (Å²) in [6, 6.07) is 9.03. The van der Waals surface area contributed by atoms with Crippen LogP contribution in [0.4, 0.5) is 0 Å². The molecule has 0 spiro atoms. The summed E-state index contributed by atoms with van der Waals surface area (Å²) in [6.45, 7) is 5.46. The zero-order valence-electron chi connectivity index (χ0n) is 18.2. The van der Waals surface area contributed by atoms with E-state index in [0.717, 1.165) is 24.2 Å². The van der Waals surface area contributed by atoms with Crippen molar-refractivity contribution in [3.8, 4) is 5.75 Å². The van der Waals surface area contributed by atoms with Gasteiger partial charge < -0.3 is 4.74 Å². The van der Waals surface area contributed by atoms with E-state index in [0.29, 0.717) is 0 Å². The molecule has 154 valence electrons. The van der Waals surface area contributed by atoms with E-state index >= 15 is 0 Å². The number of rotatable bonds is 14. The molecule has 0 unspecified atom stereocenters. The number of hydrogen-bond donors (Lipinski definition) is 0. The molecule has 1 saturated carbocycles. The zero-order valence-corrected chi connectivity index (χ0v) is 18.2. The summed E-state index contributed by atoms with van der Waals surface area (Å²) in [6.07, 6.45) is 20.7. The highest BCUT2D eigenvalue weighted by Crippen LogP contribution is 2.38. The molecule has 0 aliphatic heterocycles. The van der Waals surface area contributed by atoms with Crippen LogP contribution in [0.2, 0.25) is 0 Å². The van der Waals surface area contributed by atoms with Crippen LogP contribution in [0.25, 0.3) is 0 Å². The predicted molar refractivity (Wildman–Crippen MR) is 119 cm³/mol. The second-order valence-corrected chi connectivity index (χ2v) is 8.75. The molecule has 1 aromatic carbocycles. The van der Waals surface area contributed by atoms with Crippen molar-refractivity contribution in [2.24, 2.45) is 5.92 Å². The summed E-state index contributed by atoms with van der Waals surface area (Å²) in [5.41, 5.74) is 1.53. The van der Waals surface area contributed by atoms with Crippen LogP contribution >= 0.6 is 0 Å². The van der Waals surface area contributed by atoms with E-state index in [1.807, 2.05) is 0 Å². The molecular weight excluding hydrogens is 328 g/mol. The van der Waals surface area contributed by atoms with Crippen molar-refractivity contribution in [2.75, 3.05) is 6.61 Å². The zero-order chi connectivity index (χ0) is 19.2. The van der Waals surface area contributed by atoms with Crippen molar-refractivity contribution in [3.05, 3.63) is 29.8 Å². The predicted octanol–water partition coefficient (Wildman–Crippen LogP) is 8.67. The molecule has 0 radical (unpaired) electrons. The van der Waals surface area contributed by atoms with Crippen molar-refractivity contribution >= 4 is 0 Å². The normalized spacial score (nSPS) is 19.9. The highest BCUT2D eigenvalue weighted by atomic mass is 16.5. The minimum atomic E-state index is 0.782. The molecule has 2 rings (SSSR count). The molecule has 0 atom stereocenters. The second kappa shape index (κ2) is 14.1. The monoisotopic (exact) mass is 372 g/mol. The molecule has 1 fully saturated rings. The van der Waals surface area contributed by atoms with E-state index in [-0.39, 0.29) is 0 Å². The van der Waals surface area contributed by atoms with Gasteiger partial charge in [0.25, 0.3) is 0 Å². The first kappa shape index (κ1) is 22.3. The Morgan fingerprint density at radius 3 is 1.93 bits per heavy atom. The molecule has 0 saturated heterocycles. The third kappa shape index (κ3) is 9.17. The quantitative estimate of drug-likeness (QED) is 0.297. The lowest BCUT2D eigenvalue weighted by atomic mass is 9.77. The van der Waals surface area contributed by atoms with Gasteiger partial charge in [0.1, 0.15) is 5.75 Å². The Bertz CT molecular complexity index is 456. The van der Waals surface area contributed by atoms with Crippen LogP contribution in [-0.4, -0.2) is 6.61 Å². The maximum atomic E-state index is 5.95. The summed E-state index contributed by atoms with van der Waals surface area (Å²) in [7, 11) is 0. The van der Waals surface area contributed by atoms with Gasteiger partial charge in [-0.2, -0.15) is 0 Å². The van der Waals surface area contributed by atoms with Gasteiger partial charge >= 0.3 is 0 Å². The molecule has 1 heteroatoms. The Labute approximate surface area is 169 Å². The van der Waals surface area contributed by atoms with Crippen molar-refractivity contribution < 1.29 is 4.74 Å². The van der Waals surface area contributed by atoms with E-state index in [9.17, 15) is 0 Å². The smallest absolute Gasteiger partial charge is 0.119 e. The summed E-state index contributed by atoms with van der Waals surface area (Å²) < 4.78 is 5.95. The van der Waals surface area contributed by atoms with Gasteiger partial charge in [0.2, 0.25) is 0 Å². The lowest BCUT2D eigenvalue weighted by Crippen LogP contribution is -2.13. The topological polar surface area (TPSA) is 9.23 Å². The van der Waals surface area contributed by atoms with Crippen LogP contribution in [0.3, 0.4) is 0 Å². The summed E-state index contributed by atoms with van der Waals surface area (Å²) in [5, 5.41) is 0. The van der Waals surface area contributed by atoms with Crippen LogP contribution in [0.1, 0.15) is 122 Å². The van der Waals surface area contributed by atoms with E-state index in [1.165, 1.54) is 102 Å². The van der Waals surface area contributed by atoms with Gasteiger partial charge in [-0.3, -0.25) is 0 Å². The van der Waals surface area contributed by atoms with E-state index in [2.05, 4.69) is 38.1 Å². The average molecular weight is 373 g/mol. The maximum absolute atomic E-state index is 5.95. The van der Waals surface area contributed by atoms with Crippen molar-refractivity contribution in [3.63, 3.8) is 0 Å². The third-order valence-corrected chi connectivity index (χ3v) is 6.43. The number of unbranched alkanes of at least 4 members (excludes halogenated alkanes) is 8. The van der Waals surface area contributed by atoms with Gasteiger partial charge in [0, 0.05) is 0 Å². The van der Waals surface area contributed by atoms with Gasteiger partial charge in [-0.15, -0.1) is 0 Å². The van der Waals surface area contributed by atoms with Crippen molar-refractivity contribution in [2.45, 2.75) is 116 Å². The number of benzene rings is 1. The fourth-order valence-corrected chi connectivity index (χ4v) is 4.54. The molecule has 1 aromatic rings. The molecule has 27 heavy (non-hydrogen) atoms. The van der Waals surface area contributed by atoms with E-state index < -0.39 is 0 Å². The fraction of sp³-hybridized carbons (Fsp3) is 0.769. The van der Waals surface area contributed by atoms with Crippen LogP contribution in [0.15, 0.2) is 24.3 Å². The largest absolute Gasteiger partial charge is 0.494 e. The highest BCUT2D eigenvalue weighted by Gasteiger charge is 2.21. The summed E-state index contributed by atoms with van der Waals surface area (Å²) >= 11 is 0. The van der Waals surface area contributed by atoms with Gasteiger partial charge in [-0.25, -0.2) is 0 Å². The standard InChI is InChI=1S/C26H44O/c1-3-5-7-8-9-10-11-12-22-27-26-20-18-25(19-21-26)24-16-14-23(15-17-24)13-6-4-2/h18-21,23-24H,3-17,22H2,1-2H3. The van der Waals surface area contributed by atoms with Gasteiger partial charge in [-0.05, 0) is 61.6 Å². The Morgan fingerprint density at radius 2 is 1.30 bits per heavy atom. The molecule has 1 aliphatic carbocycles. The lowest BCUT2D eigenvalue weighted by Gasteiger charge is -2.28. The molecule has 0 N–H and O–H groups in total. The SMILES string of the molecule is CCCCCCCCCCOc1ccc(C2CCC(CCCC)CC2)cc1. The molecule has 1 nitrogen and oxygen atoms in total. The van der Waals surface area contributed by atoms with Crippen LogP contribution in [-0.2, 0) is 0 Å².